The van der Waals surface area contributed by atoms with Crippen LogP contribution < -0.4 is 10.5 Å². The molecule has 0 heterocycles. The van der Waals surface area contributed by atoms with Gasteiger partial charge in [-0.15, -0.1) is 0 Å². The first-order valence-corrected chi connectivity index (χ1v) is 8.50. The van der Waals surface area contributed by atoms with E-state index in [0.29, 0.717) is 13.1 Å². The van der Waals surface area contributed by atoms with Crippen LogP contribution in [0.5, 0.6) is 0 Å². The summed E-state index contributed by atoms with van der Waals surface area (Å²) < 4.78 is 26.7. The fourth-order valence-electron chi connectivity index (χ4n) is 1.43. The van der Waals surface area contributed by atoms with Gasteiger partial charge in [0.15, 0.2) is 0 Å². The molecule has 0 aliphatic heterocycles. The van der Waals surface area contributed by atoms with E-state index in [2.05, 4.69) is 4.72 Å². The molecule has 1 aromatic rings. The van der Waals surface area contributed by atoms with Gasteiger partial charge < -0.3 is 5.73 Å². The summed E-state index contributed by atoms with van der Waals surface area (Å²) in [6.45, 7) is 4.67. The lowest BCUT2D eigenvalue weighted by Crippen LogP contribution is -2.29. The SMILES string of the molecule is CSC(C)CNS(=O)(=O)c1ccc(C)c(CN)c1. The first kappa shape index (κ1) is 15.5. The van der Waals surface area contributed by atoms with Gasteiger partial charge >= 0.3 is 0 Å². The lowest BCUT2D eigenvalue weighted by molar-refractivity contribution is 0.581. The summed E-state index contributed by atoms with van der Waals surface area (Å²) in [6, 6.07) is 5.04. The molecular weight excluding hydrogens is 268 g/mol. The second-order valence-electron chi connectivity index (χ2n) is 4.19. The number of sulfonamides is 1. The third kappa shape index (κ3) is 3.98. The fourth-order valence-corrected chi connectivity index (χ4v) is 2.96. The highest BCUT2D eigenvalue weighted by Gasteiger charge is 2.15. The lowest BCUT2D eigenvalue weighted by atomic mass is 10.1. The normalized spacial score (nSPS) is 13.6. The molecule has 1 unspecified atom stereocenters. The van der Waals surface area contributed by atoms with Crippen molar-refractivity contribution >= 4 is 21.8 Å². The number of nitrogens with one attached hydrogen (secondary N) is 1. The molecule has 0 fully saturated rings. The number of rotatable bonds is 6. The number of benzene rings is 1. The minimum Gasteiger partial charge on any atom is -0.326 e. The third-order valence-corrected chi connectivity index (χ3v) is 5.21. The van der Waals surface area contributed by atoms with Crippen LogP contribution in [0.2, 0.25) is 0 Å². The van der Waals surface area contributed by atoms with Gasteiger partial charge in [-0.25, -0.2) is 13.1 Å². The van der Waals surface area contributed by atoms with Crippen LogP contribution in [0.1, 0.15) is 18.1 Å². The van der Waals surface area contributed by atoms with E-state index in [1.807, 2.05) is 20.1 Å². The van der Waals surface area contributed by atoms with Crippen molar-refractivity contribution in [3.05, 3.63) is 29.3 Å². The number of aryl methyl sites for hydroxylation is 1. The largest absolute Gasteiger partial charge is 0.326 e. The van der Waals surface area contributed by atoms with E-state index in [1.54, 1.807) is 30.0 Å². The van der Waals surface area contributed by atoms with Gasteiger partial charge in [-0.1, -0.05) is 13.0 Å². The van der Waals surface area contributed by atoms with E-state index in [0.717, 1.165) is 11.1 Å². The predicted octanol–water partition coefficient (Wildman–Crippen LogP) is 1.48. The van der Waals surface area contributed by atoms with Crippen molar-refractivity contribution in [3.63, 3.8) is 0 Å². The van der Waals surface area contributed by atoms with Crippen LogP contribution in [0.4, 0.5) is 0 Å². The zero-order valence-electron chi connectivity index (χ0n) is 10.9. The second-order valence-corrected chi connectivity index (χ2v) is 7.23. The number of thioether (sulfide) groups is 1. The molecule has 4 nitrogen and oxygen atoms in total. The Hall–Kier alpha value is -0.560. The Balaban J connectivity index is 2.91. The van der Waals surface area contributed by atoms with Crippen molar-refractivity contribution in [1.29, 1.82) is 0 Å². The number of hydrogen-bond acceptors (Lipinski definition) is 4. The Morgan fingerprint density at radius 2 is 2.11 bits per heavy atom. The molecule has 0 aromatic heterocycles. The topological polar surface area (TPSA) is 72.2 Å². The maximum Gasteiger partial charge on any atom is 0.240 e. The van der Waals surface area contributed by atoms with Gasteiger partial charge in [-0.3, -0.25) is 0 Å². The van der Waals surface area contributed by atoms with Crippen LogP contribution >= 0.6 is 11.8 Å². The molecule has 1 aromatic carbocycles. The van der Waals surface area contributed by atoms with Crippen molar-refractivity contribution in [2.24, 2.45) is 5.73 Å². The lowest BCUT2D eigenvalue weighted by Gasteiger charge is -2.12. The van der Waals surface area contributed by atoms with Gasteiger partial charge in [-0.05, 0) is 36.4 Å². The molecule has 0 bridgehead atoms. The zero-order chi connectivity index (χ0) is 13.8. The van der Waals surface area contributed by atoms with Crippen molar-refractivity contribution in [2.75, 3.05) is 12.8 Å². The fraction of sp³-hybridized carbons (Fsp3) is 0.500. The van der Waals surface area contributed by atoms with Gasteiger partial charge in [0.1, 0.15) is 0 Å². The smallest absolute Gasteiger partial charge is 0.240 e. The molecule has 0 aliphatic rings. The van der Waals surface area contributed by atoms with Crippen molar-refractivity contribution < 1.29 is 8.42 Å². The van der Waals surface area contributed by atoms with Crippen LogP contribution in [-0.2, 0) is 16.6 Å². The average Bonchev–Trinajstić information content (AvgIpc) is 2.36. The molecular formula is C12H20N2O2S2. The molecule has 0 saturated carbocycles. The quantitative estimate of drug-likeness (QED) is 0.832. The standard InChI is InChI=1S/C12H20N2O2S2/c1-9-4-5-12(6-11(9)7-13)18(15,16)14-8-10(2)17-3/h4-6,10,14H,7-8,13H2,1-3H3. The van der Waals surface area contributed by atoms with Crippen molar-refractivity contribution in [3.8, 4) is 0 Å². The van der Waals surface area contributed by atoms with E-state index in [9.17, 15) is 8.42 Å². The van der Waals surface area contributed by atoms with E-state index in [1.165, 1.54) is 0 Å². The van der Waals surface area contributed by atoms with Crippen molar-refractivity contribution in [2.45, 2.75) is 30.5 Å². The molecule has 102 valence electrons. The van der Waals surface area contributed by atoms with Gasteiger partial charge in [0.25, 0.3) is 0 Å². The van der Waals surface area contributed by atoms with E-state index < -0.39 is 10.0 Å². The minimum absolute atomic E-state index is 0.249. The number of nitrogens with two attached hydrogens (primary N) is 1. The average molecular weight is 288 g/mol. The van der Waals surface area contributed by atoms with Crippen LogP contribution in [0.25, 0.3) is 0 Å². The molecule has 6 heteroatoms. The Labute approximate surface area is 113 Å². The first-order chi connectivity index (χ1) is 8.40. The molecule has 0 radical (unpaired) electrons. The highest BCUT2D eigenvalue weighted by molar-refractivity contribution is 7.99. The van der Waals surface area contributed by atoms with Crippen LogP contribution in [0.3, 0.4) is 0 Å². The maximum atomic E-state index is 12.1. The van der Waals surface area contributed by atoms with Gasteiger partial charge in [-0.2, -0.15) is 11.8 Å². The summed E-state index contributed by atoms with van der Waals surface area (Å²) in [5.74, 6) is 0. The molecule has 0 aliphatic carbocycles. The molecule has 3 N–H and O–H groups in total. The first-order valence-electron chi connectivity index (χ1n) is 5.72. The second kappa shape index (κ2) is 6.56. The summed E-state index contributed by atoms with van der Waals surface area (Å²) in [6.07, 6.45) is 1.96. The molecule has 1 rings (SSSR count). The van der Waals surface area contributed by atoms with E-state index in [-0.39, 0.29) is 10.1 Å². The van der Waals surface area contributed by atoms with E-state index in [4.69, 9.17) is 5.73 Å². The predicted molar refractivity (Wildman–Crippen MR) is 77.2 cm³/mol. The molecule has 0 saturated heterocycles. The summed E-state index contributed by atoms with van der Waals surface area (Å²) in [5, 5.41) is 0.249. The molecule has 1 atom stereocenters. The highest BCUT2D eigenvalue weighted by Crippen LogP contribution is 2.15. The van der Waals surface area contributed by atoms with Gasteiger partial charge in [0.05, 0.1) is 4.90 Å². The minimum atomic E-state index is -3.43. The third-order valence-electron chi connectivity index (χ3n) is 2.81. The Kier molecular flexibility index (Phi) is 5.65. The van der Waals surface area contributed by atoms with Crippen LogP contribution in [-0.4, -0.2) is 26.5 Å². The highest BCUT2D eigenvalue weighted by atomic mass is 32.2. The van der Waals surface area contributed by atoms with Gasteiger partial charge in [0, 0.05) is 18.3 Å². The zero-order valence-corrected chi connectivity index (χ0v) is 12.6. The summed E-state index contributed by atoms with van der Waals surface area (Å²) in [4.78, 5) is 0.279. The monoisotopic (exact) mass is 288 g/mol. The van der Waals surface area contributed by atoms with Gasteiger partial charge in [0.2, 0.25) is 10.0 Å². The number of hydrogen-bond donors (Lipinski definition) is 2. The summed E-state index contributed by atoms with van der Waals surface area (Å²) in [5.41, 5.74) is 7.45. The van der Waals surface area contributed by atoms with Crippen LogP contribution in [0.15, 0.2) is 23.1 Å². The Morgan fingerprint density at radius 3 is 2.67 bits per heavy atom. The summed E-state index contributed by atoms with van der Waals surface area (Å²) >= 11 is 1.62. The van der Waals surface area contributed by atoms with E-state index >= 15 is 0 Å². The molecule has 18 heavy (non-hydrogen) atoms. The molecule has 0 amide bonds. The molecule has 0 spiro atoms. The Bertz CT molecular complexity index is 501. The van der Waals surface area contributed by atoms with Crippen LogP contribution in [0, 0.1) is 6.92 Å². The van der Waals surface area contributed by atoms with Crippen molar-refractivity contribution in [1.82, 2.24) is 4.72 Å². The Morgan fingerprint density at radius 1 is 1.44 bits per heavy atom. The maximum absolute atomic E-state index is 12.1. The summed E-state index contributed by atoms with van der Waals surface area (Å²) in [7, 11) is -3.43.